The fourth-order valence-electron chi connectivity index (χ4n) is 3.36. The summed E-state index contributed by atoms with van der Waals surface area (Å²) in [6.07, 6.45) is 10.7. The average Bonchev–Trinajstić information content (AvgIpc) is 3.02. The van der Waals surface area contributed by atoms with Crippen molar-refractivity contribution in [3.05, 3.63) is 12.2 Å². The van der Waals surface area contributed by atoms with Crippen molar-refractivity contribution in [2.45, 2.75) is 90.7 Å². The van der Waals surface area contributed by atoms with Crippen molar-refractivity contribution in [1.29, 1.82) is 0 Å². The summed E-state index contributed by atoms with van der Waals surface area (Å²) in [6, 6.07) is 0.0893. The van der Waals surface area contributed by atoms with Gasteiger partial charge in [-0.2, -0.15) is 0 Å². The predicted molar refractivity (Wildman–Crippen MR) is 113 cm³/mol. The molecule has 5 nitrogen and oxygen atoms in total. The molecule has 2 amide bonds. The highest BCUT2D eigenvalue weighted by molar-refractivity contribution is 5.79. The number of carbonyl (C=O) groups is 2. The molecule has 28 heavy (non-hydrogen) atoms. The van der Waals surface area contributed by atoms with Crippen molar-refractivity contribution in [2.75, 3.05) is 13.1 Å². The first-order chi connectivity index (χ1) is 13.5. The van der Waals surface area contributed by atoms with Crippen molar-refractivity contribution in [2.24, 2.45) is 5.92 Å². The Morgan fingerprint density at radius 3 is 2.75 bits per heavy atom. The van der Waals surface area contributed by atoms with Crippen molar-refractivity contribution < 1.29 is 14.7 Å². The fraction of sp³-hybridized carbons (Fsp3) is 0.739. The Hall–Kier alpha value is -1.80. The van der Waals surface area contributed by atoms with Crippen LogP contribution in [0.4, 0.5) is 0 Å². The molecule has 1 fully saturated rings. The maximum Gasteiger partial charge on any atom is 0.223 e. The molecule has 0 aromatic heterocycles. The average molecular weight is 391 g/mol. The Morgan fingerprint density at radius 2 is 2.04 bits per heavy atom. The first kappa shape index (κ1) is 24.2. The molecule has 0 aromatic carbocycles. The Labute approximate surface area is 170 Å². The predicted octanol–water partition coefficient (Wildman–Crippen LogP) is 3.42. The molecule has 5 heteroatoms. The summed E-state index contributed by atoms with van der Waals surface area (Å²) in [5.74, 6) is 6.53. The monoisotopic (exact) mass is 390 g/mol. The van der Waals surface area contributed by atoms with Gasteiger partial charge in [-0.25, -0.2) is 0 Å². The van der Waals surface area contributed by atoms with Gasteiger partial charge in [0.05, 0.1) is 12.1 Å². The Bertz CT molecular complexity index is 562. The zero-order valence-corrected chi connectivity index (χ0v) is 17.9. The van der Waals surface area contributed by atoms with Crippen molar-refractivity contribution in [3.63, 3.8) is 0 Å². The lowest BCUT2D eigenvalue weighted by Gasteiger charge is -2.23. The number of nitrogens with one attached hydrogen (secondary N) is 1. The van der Waals surface area contributed by atoms with E-state index in [1.165, 1.54) is 0 Å². The zero-order chi connectivity index (χ0) is 20.8. The number of hydrogen-bond donors (Lipinski definition) is 2. The van der Waals surface area contributed by atoms with Crippen LogP contribution in [0.1, 0.15) is 78.6 Å². The highest BCUT2D eigenvalue weighted by Gasteiger charge is 2.28. The van der Waals surface area contributed by atoms with E-state index in [2.05, 4.69) is 17.2 Å². The van der Waals surface area contributed by atoms with Crippen LogP contribution in [0.3, 0.4) is 0 Å². The van der Waals surface area contributed by atoms with Crippen LogP contribution in [-0.2, 0) is 9.59 Å². The van der Waals surface area contributed by atoms with E-state index in [9.17, 15) is 14.7 Å². The molecule has 1 aliphatic heterocycles. The summed E-state index contributed by atoms with van der Waals surface area (Å²) in [6.45, 7) is 7.38. The lowest BCUT2D eigenvalue weighted by Crippen LogP contribution is -2.33. The molecule has 0 bridgehead atoms. The first-order valence-electron chi connectivity index (χ1n) is 10.9. The van der Waals surface area contributed by atoms with Gasteiger partial charge in [0, 0.05) is 38.8 Å². The summed E-state index contributed by atoms with van der Waals surface area (Å²) in [4.78, 5) is 25.5. The fourth-order valence-corrected chi connectivity index (χ4v) is 3.36. The van der Waals surface area contributed by atoms with E-state index in [0.717, 1.165) is 45.1 Å². The molecule has 1 rings (SSSR count). The third-order valence-corrected chi connectivity index (χ3v) is 5.14. The molecule has 0 aromatic rings. The normalized spacial score (nSPS) is 18.8. The number of likely N-dealkylation sites (tertiary alicyclic amines) is 1. The topological polar surface area (TPSA) is 69.6 Å². The van der Waals surface area contributed by atoms with E-state index in [0.29, 0.717) is 25.8 Å². The second-order valence-electron chi connectivity index (χ2n) is 7.57. The van der Waals surface area contributed by atoms with Crippen LogP contribution in [0.5, 0.6) is 0 Å². The second-order valence-corrected chi connectivity index (χ2v) is 7.57. The molecule has 0 spiro atoms. The van der Waals surface area contributed by atoms with Gasteiger partial charge in [-0.1, -0.05) is 38.8 Å². The molecule has 0 unspecified atom stereocenters. The van der Waals surface area contributed by atoms with Crippen LogP contribution in [0, 0.1) is 17.8 Å². The Morgan fingerprint density at radius 1 is 1.29 bits per heavy atom. The van der Waals surface area contributed by atoms with Gasteiger partial charge in [0.1, 0.15) is 0 Å². The van der Waals surface area contributed by atoms with Gasteiger partial charge in [0.2, 0.25) is 11.8 Å². The number of rotatable bonds is 12. The van der Waals surface area contributed by atoms with E-state index in [1.54, 1.807) is 0 Å². The van der Waals surface area contributed by atoms with E-state index in [4.69, 9.17) is 0 Å². The molecule has 3 atom stereocenters. The second kappa shape index (κ2) is 14.2. The van der Waals surface area contributed by atoms with Crippen molar-refractivity contribution >= 4 is 11.8 Å². The number of amides is 2. The quantitative estimate of drug-likeness (QED) is 0.305. The molecule has 158 valence electrons. The highest BCUT2D eigenvalue weighted by Crippen LogP contribution is 2.21. The minimum Gasteiger partial charge on any atom is -0.389 e. The third-order valence-electron chi connectivity index (χ3n) is 5.14. The Balaban J connectivity index is 2.34. The van der Waals surface area contributed by atoms with Crippen LogP contribution in [0.2, 0.25) is 0 Å². The van der Waals surface area contributed by atoms with Crippen LogP contribution < -0.4 is 5.32 Å². The molecule has 1 heterocycles. The third kappa shape index (κ3) is 9.41. The van der Waals surface area contributed by atoms with Gasteiger partial charge in [0.25, 0.3) is 0 Å². The van der Waals surface area contributed by atoms with Gasteiger partial charge in [-0.3, -0.25) is 9.59 Å². The first-order valence-corrected chi connectivity index (χ1v) is 10.9. The maximum atomic E-state index is 12.2. The number of hydrogen-bond acceptors (Lipinski definition) is 3. The molecule has 2 N–H and O–H groups in total. The lowest BCUT2D eigenvalue weighted by molar-refractivity contribution is -0.128. The molecule has 0 saturated carbocycles. The maximum absolute atomic E-state index is 12.2. The number of nitrogens with zero attached hydrogens (tertiary/aromatic N) is 1. The lowest BCUT2D eigenvalue weighted by atomic mass is 10.00. The van der Waals surface area contributed by atoms with Crippen LogP contribution in [0.25, 0.3) is 0 Å². The summed E-state index contributed by atoms with van der Waals surface area (Å²) < 4.78 is 0. The van der Waals surface area contributed by atoms with Crippen LogP contribution in [-0.4, -0.2) is 47.1 Å². The van der Waals surface area contributed by atoms with Gasteiger partial charge in [-0.15, -0.1) is 11.8 Å². The van der Waals surface area contributed by atoms with Crippen molar-refractivity contribution in [1.82, 2.24) is 10.2 Å². The molecule has 0 aliphatic carbocycles. The molecular weight excluding hydrogens is 352 g/mol. The highest BCUT2D eigenvalue weighted by atomic mass is 16.3. The van der Waals surface area contributed by atoms with E-state index >= 15 is 0 Å². The van der Waals surface area contributed by atoms with Gasteiger partial charge < -0.3 is 15.3 Å². The molecule has 1 saturated heterocycles. The van der Waals surface area contributed by atoms with Crippen LogP contribution >= 0.6 is 0 Å². The summed E-state index contributed by atoms with van der Waals surface area (Å²) in [7, 11) is 0. The molecule has 0 radical (unpaired) electrons. The van der Waals surface area contributed by atoms with E-state index in [-0.39, 0.29) is 23.8 Å². The number of unbranched alkanes of at least 4 members (excludes halogenated alkanes) is 3. The van der Waals surface area contributed by atoms with Crippen LogP contribution in [0.15, 0.2) is 12.2 Å². The Kier molecular flexibility index (Phi) is 12.3. The molecule has 1 aliphatic rings. The van der Waals surface area contributed by atoms with Gasteiger partial charge >= 0.3 is 0 Å². The number of aliphatic hydroxyl groups is 1. The minimum atomic E-state index is -0.530. The smallest absolute Gasteiger partial charge is 0.223 e. The van der Waals surface area contributed by atoms with E-state index < -0.39 is 6.10 Å². The van der Waals surface area contributed by atoms with Gasteiger partial charge in [-0.05, 0) is 32.1 Å². The molecular formula is C23H38N2O3. The minimum absolute atomic E-state index is 0.0887. The summed E-state index contributed by atoms with van der Waals surface area (Å²) >= 11 is 0. The zero-order valence-electron chi connectivity index (χ0n) is 17.9. The van der Waals surface area contributed by atoms with Gasteiger partial charge in [0.15, 0.2) is 0 Å². The van der Waals surface area contributed by atoms with E-state index in [1.807, 2.05) is 37.8 Å². The summed E-state index contributed by atoms with van der Waals surface area (Å²) in [5, 5.41) is 13.1. The summed E-state index contributed by atoms with van der Waals surface area (Å²) in [5.41, 5.74) is 0. The largest absolute Gasteiger partial charge is 0.389 e. The number of aliphatic hydroxyl groups excluding tert-OH is 1. The van der Waals surface area contributed by atoms with Crippen molar-refractivity contribution in [3.8, 4) is 11.8 Å². The number of carbonyl (C=O) groups excluding carboxylic acids is 2. The standard InChI is InChI=1S/C23H38N2O3/c1-4-6-9-12-19(3)21(26)16-14-20-15-17-23(28)25(20)18-11-8-7-10-13-22(27)24-5-2/h14,16,19-21,26H,4-5,7-8,10-13,15,17-18H2,1-3H3,(H,24,27)/t19-,20-,21+/m0/s1. The SMILES string of the molecule is CCC#CC[C@H](C)[C@H](O)C=C[C@H]1CCC(=O)N1CCCCCCC(=O)NCC.